The first-order valence-corrected chi connectivity index (χ1v) is 11.9. The van der Waals surface area contributed by atoms with Crippen molar-refractivity contribution in [2.24, 2.45) is 0 Å². The first kappa shape index (κ1) is 23.5. The number of hydrogen-bond acceptors (Lipinski definition) is 4. The molecule has 1 atom stereocenters. The summed E-state index contributed by atoms with van der Waals surface area (Å²) in [7, 11) is -0.334. The van der Waals surface area contributed by atoms with Crippen LogP contribution in [-0.4, -0.2) is 28.5 Å². The zero-order valence-corrected chi connectivity index (χ0v) is 19.3. The van der Waals surface area contributed by atoms with E-state index in [2.05, 4.69) is 4.72 Å². The number of sulfonamides is 1. The Morgan fingerprint density at radius 1 is 1.00 bits per heavy atom. The molecule has 0 spiro atoms. The van der Waals surface area contributed by atoms with Gasteiger partial charge in [-0.2, -0.15) is 0 Å². The molecule has 0 bridgehead atoms. The van der Waals surface area contributed by atoms with Gasteiger partial charge in [-0.1, -0.05) is 48.5 Å². The first-order chi connectivity index (χ1) is 15.3. The third kappa shape index (κ3) is 5.96. The normalized spacial score (nSPS) is 12.2. The van der Waals surface area contributed by atoms with Crippen molar-refractivity contribution in [2.75, 3.05) is 19.1 Å². The van der Waals surface area contributed by atoms with E-state index in [1.807, 2.05) is 55.5 Å². The molecule has 0 aliphatic heterocycles. The molecule has 3 aromatic rings. The van der Waals surface area contributed by atoms with Crippen molar-refractivity contribution in [1.29, 1.82) is 0 Å². The van der Waals surface area contributed by atoms with Crippen LogP contribution in [0.5, 0.6) is 5.75 Å². The molecular formula is C25H28N2O4S. The molecule has 0 fully saturated rings. The van der Waals surface area contributed by atoms with Gasteiger partial charge in [0.25, 0.3) is 0 Å². The highest BCUT2D eigenvalue weighted by atomic mass is 32.2. The van der Waals surface area contributed by atoms with Gasteiger partial charge in [-0.05, 0) is 48.7 Å². The standard InChI is InChI=1S/C25H28N2O4S/c1-19(21-8-5-4-6-9-21)26-32(29,30)24-15-12-20(13-16-24)14-17-25(28)27(2)22-10-7-11-23(18-22)31-3/h4-13,15-16,18-19,26H,14,17H2,1-3H3. The van der Waals surface area contributed by atoms with Crippen molar-refractivity contribution in [1.82, 2.24) is 4.72 Å². The molecule has 1 amide bonds. The summed E-state index contributed by atoms with van der Waals surface area (Å²) in [5, 5.41) is 0. The van der Waals surface area contributed by atoms with Crippen LogP contribution in [0.1, 0.15) is 30.5 Å². The number of amides is 1. The number of anilines is 1. The van der Waals surface area contributed by atoms with Crippen molar-refractivity contribution >= 4 is 21.6 Å². The number of aryl methyl sites for hydroxylation is 1. The van der Waals surface area contributed by atoms with Crippen molar-refractivity contribution in [3.05, 3.63) is 90.0 Å². The lowest BCUT2D eigenvalue weighted by molar-refractivity contribution is -0.118. The molecule has 0 aliphatic rings. The van der Waals surface area contributed by atoms with Gasteiger partial charge < -0.3 is 9.64 Å². The van der Waals surface area contributed by atoms with Gasteiger partial charge in [0.1, 0.15) is 5.75 Å². The minimum Gasteiger partial charge on any atom is -0.497 e. The maximum atomic E-state index is 12.7. The summed E-state index contributed by atoms with van der Waals surface area (Å²) in [5.74, 6) is 0.655. The molecule has 1 unspecified atom stereocenters. The topological polar surface area (TPSA) is 75.7 Å². The van der Waals surface area contributed by atoms with Crippen LogP contribution in [0.15, 0.2) is 83.8 Å². The van der Waals surface area contributed by atoms with E-state index in [0.717, 1.165) is 16.8 Å². The summed E-state index contributed by atoms with van der Waals surface area (Å²) < 4.78 is 33.3. The van der Waals surface area contributed by atoms with Crippen LogP contribution in [0, 0.1) is 0 Å². The quantitative estimate of drug-likeness (QED) is 0.524. The van der Waals surface area contributed by atoms with E-state index in [9.17, 15) is 13.2 Å². The number of methoxy groups -OCH3 is 1. The molecule has 0 aromatic heterocycles. The molecular weight excluding hydrogens is 424 g/mol. The van der Waals surface area contributed by atoms with Crippen molar-refractivity contribution in [3.63, 3.8) is 0 Å². The third-order valence-electron chi connectivity index (χ3n) is 5.31. The van der Waals surface area contributed by atoms with Crippen LogP contribution in [0.25, 0.3) is 0 Å². The molecule has 3 rings (SSSR count). The predicted octanol–water partition coefficient (Wildman–Crippen LogP) is 4.33. The zero-order valence-electron chi connectivity index (χ0n) is 18.5. The van der Waals surface area contributed by atoms with Crippen molar-refractivity contribution < 1.29 is 17.9 Å². The maximum Gasteiger partial charge on any atom is 0.241 e. The number of rotatable bonds is 9. The molecule has 7 heteroatoms. The van der Waals surface area contributed by atoms with Crippen LogP contribution >= 0.6 is 0 Å². The van der Waals surface area contributed by atoms with Crippen LogP contribution in [0.3, 0.4) is 0 Å². The average molecular weight is 453 g/mol. The van der Waals surface area contributed by atoms with Crippen molar-refractivity contribution in [3.8, 4) is 5.75 Å². The lowest BCUT2D eigenvalue weighted by atomic mass is 10.1. The van der Waals surface area contributed by atoms with Gasteiger partial charge in [-0.3, -0.25) is 4.79 Å². The molecule has 1 N–H and O–H groups in total. The van der Waals surface area contributed by atoms with Gasteiger partial charge in [-0.15, -0.1) is 0 Å². The molecule has 6 nitrogen and oxygen atoms in total. The smallest absolute Gasteiger partial charge is 0.241 e. The monoisotopic (exact) mass is 452 g/mol. The Balaban J connectivity index is 1.59. The number of carbonyl (C=O) groups excluding carboxylic acids is 1. The van der Waals surface area contributed by atoms with E-state index in [0.29, 0.717) is 18.6 Å². The van der Waals surface area contributed by atoms with E-state index < -0.39 is 10.0 Å². The van der Waals surface area contributed by atoms with Crippen LogP contribution < -0.4 is 14.4 Å². The van der Waals surface area contributed by atoms with E-state index in [1.165, 1.54) is 0 Å². The third-order valence-corrected chi connectivity index (χ3v) is 6.86. The fourth-order valence-electron chi connectivity index (χ4n) is 3.33. The van der Waals surface area contributed by atoms with E-state index in [1.54, 1.807) is 49.4 Å². The molecule has 32 heavy (non-hydrogen) atoms. The Labute approximate surface area is 189 Å². The minimum atomic E-state index is -3.65. The molecule has 0 saturated carbocycles. The van der Waals surface area contributed by atoms with Gasteiger partial charge >= 0.3 is 0 Å². The summed E-state index contributed by atoms with van der Waals surface area (Å²) in [6.07, 6.45) is 0.824. The molecule has 0 radical (unpaired) electrons. The SMILES string of the molecule is COc1cccc(N(C)C(=O)CCc2ccc(S(=O)(=O)NC(C)c3ccccc3)cc2)c1. The van der Waals surface area contributed by atoms with Gasteiger partial charge in [0.2, 0.25) is 15.9 Å². The number of ether oxygens (including phenoxy) is 1. The highest BCUT2D eigenvalue weighted by molar-refractivity contribution is 7.89. The summed E-state index contributed by atoms with van der Waals surface area (Å²) in [6.45, 7) is 1.81. The maximum absolute atomic E-state index is 12.7. The Kier molecular flexibility index (Phi) is 7.66. The van der Waals surface area contributed by atoms with Gasteiger partial charge in [0.15, 0.2) is 0 Å². The molecule has 168 valence electrons. The highest BCUT2D eigenvalue weighted by Gasteiger charge is 2.18. The van der Waals surface area contributed by atoms with E-state index >= 15 is 0 Å². The Morgan fingerprint density at radius 3 is 2.34 bits per heavy atom. The fourth-order valence-corrected chi connectivity index (χ4v) is 4.56. The largest absolute Gasteiger partial charge is 0.497 e. The van der Waals surface area contributed by atoms with Crippen LogP contribution in [-0.2, 0) is 21.2 Å². The van der Waals surface area contributed by atoms with E-state index in [-0.39, 0.29) is 16.8 Å². The van der Waals surface area contributed by atoms with Crippen LogP contribution in [0.4, 0.5) is 5.69 Å². The predicted molar refractivity (Wildman–Crippen MR) is 126 cm³/mol. The Hall–Kier alpha value is -3.16. The lowest BCUT2D eigenvalue weighted by Crippen LogP contribution is -2.27. The highest BCUT2D eigenvalue weighted by Crippen LogP contribution is 2.21. The number of hydrogen-bond donors (Lipinski definition) is 1. The van der Waals surface area contributed by atoms with Gasteiger partial charge in [0, 0.05) is 31.3 Å². The second kappa shape index (κ2) is 10.4. The fraction of sp³-hybridized carbons (Fsp3) is 0.240. The Bertz CT molecular complexity index is 1150. The summed E-state index contributed by atoms with van der Waals surface area (Å²) in [4.78, 5) is 14.4. The van der Waals surface area contributed by atoms with Gasteiger partial charge in [-0.25, -0.2) is 13.1 Å². The van der Waals surface area contributed by atoms with Crippen molar-refractivity contribution in [2.45, 2.75) is 30.7 Å². The summed E-state index contributed by atoms with van der Waals surface area (Å²) in [5.41, 5.74) is 2.55. The second-order valence-corrected chi connectivity index (χ2v) is 9.27. The first-order valence-electron chi connectivity index (χ1n) is 10.4. The van der Waals surface area contributed by atoms with Crippen LogP contribution in [0.2, 0.25) is 0 Å². The summed E-state index contributed by atoms with van der Waals surface area (Å²) >= 11 is 0. The number of nitrogens with zero attached hydrogens (tertiary/aromatic N) is 1. The number of carbonyl (C=O) groups is 1. The van der Waals surface area contributed by atoms with E-state index in [4.69, 9.17) is 4.74 Å². The molecule has 0 aliphatic carbocycles. The molecule has 3 aromatic carbocycles. The zero-order chi connectivity index (χ0) is 23.1. The van der Waals surface area contributed by atoms with Gasteiger partial charge in [0.05, 0.1) is 12.0 Å². The molecule has 0 saturated heterocycles. The second-order valence-electron chi connectivity index (χ2n) is 7.55. The number of nitrogens with one attached hydrogen (secondary N) is 1. The minimum absolute atomic E-state index is 0.0340. The lowest BCUT2D eigenvalue weighted by Gasteiger charge is -2.18. The number of benzene rings is 3. The molecule has 0 heterocycles. The average Bonchev–Trinajstić information content (AvgIpc) is 2.82. The summed E-state index contributed by atoms with van der Waals surface area (Å²) in [6, 6.07) is 23.0. The Morgan fingerprint density at radius 2 is 1.69 bits per heavy atom.